The second kappa shape index (κ2) is 2.84. The predicted molar refractivity (Wildman–Crippen MR) is 49.8 cm³/mol. The lowest BCUT2D eigenvalue weighted by Crippen LogP contribution is -2.33. The first-order valence-electron chi connectivity index (χ1n) is 4.84. The van der Waals surface area contributed by atoms with E-state index in [1.165, 1.54) is 0 Å². The van der Waals surface area contributed by atoms with E-state index in [9.17, 15) is 4.39 Å². The van der Waals surface area contributed by atoms with Crippen LogP contribution in [0, 0.1) is 0 Å². The quantitative estimate of drug-likeness (QED) is 0.623. The van der Waals surface area contributed by atoms with Crippen LogP contribution < -0.4 is 0 Å². The van der Waals surface area contributed by atoms with E-state index in [1.807, 2.05) is 0 Å². The van der Waals surface area contributed by atoms with Gasteiger partial charge in [0.1, 0.15) is 12.2 Å². The van der Waals surface area contributed by atoms with Gasteiger partial charge >= 0.3 is 0 Å². The maximum atomic E-state index is 13.8. The molecule has 0 radical (unpaired) electrons. The molecule has 14 heavy (non-hydrogen) atoms. The van der Waals surface area contributed by atoms with Crippen LogP contribution in [-0.4, -0.2) is 41.5 Å². The minimum atomic E-state index is -1.04. The van der Waals surface area contributed by atoms with Crippen molar-refractivity contribution in [3.05, 3.63) is 0 Å². The third-order valence-electron chi connectivity index (χ3n) is 2.73. The van der Waals surface area contributed by atoms with Crippen LogP contribution in [0.25, 0.3) is 0 Å². The van der Waals surface area contributed by atoms with Gasteiger partial charge in [-0.1, -0.05) is 0 Å². The third kappa shape index (κ3) is 1.38. The van der Waals surface area contributed by atoms with Gasteiger partial charge in [-0.3, -0.25) is 0 Å². The molecule has 80 valence electrons. The van der Waals surface area contributed by atoms with Crippen LogP contribution >= 0.6 is 11.8 Å². The predicted octanol–water partition coefficient (Wildman–Crippen LogP) is 1.32. The summed E-state index contributed by atoms with van der Waals surface area (Å²) in [5.74, 6) is 0.287. The van der Waals surface area contributed by atoms with Crippen molar-refractivity contribution in [2.24, 2.45) is 0 Å². The average Bonchev–Trinajstić information content (AvgIpc) is 2.81. The zero-order valence-electron chi connectivity index (χ0n) is 8.10. The van der Waals surface area contributed by atoms with E-state index in [2.05, 4.69) is 0 Å². The first kappa shape index (κ1) is 9.39. The summed E-state index contributed by atoms with van der Waals surface area (Å²) in [6, 6.07) is 0. The van der Waals surface area contributed by atoms with E-state index in [1.54, 1.807) is 25.6 Å². The summed E-state index contributed by atoms with van der Waals surface area (Å²) >= 11 is 1.73. The number of ether oxygens (including phenoxy) is 3. The molecule has 0 aromatic rings. The van der Waals surface area contributed by atoms with E-state index in [-0.39, 0.29) is 6.10 Å². The lowest BCUT2D eigenvalue weighted by atomic mass is 10.1. The second-order valence-electron chi connectivity index (χ2n) is 4.39. The standard InChI is InChI=1S/C9H13FO3S/c1-9(2)12-7-5(10)6(4-3-14-4)11-8(7)13-9/h4-8H,3H2,1-2H3/t4-,5-,6+,7+,8+/m0/s1. The molecule has 0 unspecified atom stereocenters. The summed E-state index contributed by atoms with van der Waals surface area (Å²) in [4.78, 5) is 0. The minimum Gasteiger partial charge on any atom is -0.342 e. The van der Waals surface area contributed by atoms with Gasteiger partial charge in [-0.2, -0.15) is 11.8 Å². The number of rotatable bonds is 1. The van der Waals surface area contributed by atoms with Crippen LogP contribution in [0.3, 0.4) is 0 Å². The van der Waals surface area contributed by atoms with Crippen molar-refractivity contribution in [3.8, 4) is 0 Å². The summed E-state index contributed by atoms with van der Waals surface area (Å²) in [7, 11) is 0. The van der Waals surface area contributed by atoms with Crippen LogP contribution in [0.4, 0.5) is 4.39 Å². The maximum absolute atomic E-state index is 13.8. The van der Waals surface area contributed by atoms with E-state index >= 15 is 0 Å². The number of fused-ring (bicyclic) bond motifs is 1. The molecule has 3 nitrogen and oxygen atoms in total. The molecule has 5 atom stereocenters. The molecule has 0 spiro atoms. The zero-order valence-corrected chi connectivity index (χ0v) is 8.92. The Balaban J connectivity index is 1.74. The molecular formula is C9H13FO3S. The van der Waals surface area contributed by atoms with Crippen molar-refractivity contribution in [3.63, 3.8) is 0 Å². The lowest BCUT2D eigenvalue weighted by Gasteiger charge is -2.21. The molecule has 0 N–H and O–H groups in total. The molecule has 0 aromatic carbocycles. The Hall–Kier alpha value is 0.160. The third-order valence-corrected chi connectivity index (χ3v) is 3.72. The highest BCUT2D eigenvalue weighted by Gasteiger charge is 2.58. The first-order valence-corrected chi connectivity index (χ1v) is 5.88. The van der Waals surface area contributed by atoms with Crippen molar-refractivity contribution in [2.75, 3.05) is 5.75 Å². The summed E-state index contributed by atoms with van der Waals surface area (Å²) in [5.41, 5.74) is 0. The van der Waals surface area contributed by atoms with Gasteiger partial charge in [-0.25, -0.2) is 4.39 Å². The van der Waals surface area contributed by atoms with E-state index < -0.39 is 24.4 Å². The Kier molecular flexibility index (Phi) is 1.91. The van der Waals surface area contributed by atoms with Crippen LogP contribution in [0.1, 0.15) is 13.8 Å². The van der Waals surface area contributed by atoms with Crippen LogP contribution in [0.5, 0.6) is 0 Å². The van der Waals surface area contributed by atoms with Gasteiger partial charge in [0, 0.05) is 11.0 Å². The maximum Gasteiger partial charge on any atom is 0.190 e. The molecule has 0 aromatic heterocycles. The van der Waals surface area contributed by atoms with E-state index in [0.717, 1.165) is 5.75 Å². The molecule has 0 aliphatic carbocycles. The van der Waals surface area contributed by atoms with Gasteiger partial charge in [-0.15, -0.1) is 0 Å². The van der Waals surface area contributed by atoms with Gasteiger partial charge < -0.3 is 14.2 Å². The van der Waals surface area contributed by atoms with Crippen molar-refractivity contribution in [1.82, 2.24) is 0 Å². The molecule has 5 heteroatoms. The summed E-state index contributed by atoms with van der Waals surface area (Å²) in [6.07, 6.45) is -2.41. The molecule has 3 aliphatic heterocycles. The first-order chi connectivity index (χ1) is 6.57. The molecule has 0 saturated carbocycles. The van der Waals surface area contributed by atoms with E-state index in [4.69, 9.17) is 14.2 Å². The summed E-state index contributed by atoms with van der Waals surface area (Å²) < 4.78 is 30.3. The summed E-state index contributed by atoms with van der Waals surface area (Å²) in [6.45, 7) is 3.56. The van der Waals surface area contributed by atoms with Crippen molar-refractivity contribution >= 4 is 11.8 Å². The monoisotopic (exact) mass is 220 g/mol. The fraction of sp³-hybridized carbons (Fsp3) is 1.00. The molecule has 0 amide bonds. The van der Waals surface area contributed by atoms with Gasteiger partial charge in [0.15, 0.2) is 18.2 Å². The Morgan fingerprint density at radius 3 is 2.57 bits per heavy atom. The van der Waals surface area contributed by atoms with Gasteiger partial charge in [0.25, 0.3) is 0 Å². The Labute approximate surface area is 86.3 Å². The minimum absolute atomic E-state index is 0.311. The molecule has 0 bridgehead atoms. The molecule has 3 heterocycles. The van der Waals surface area contributed by atoms with Crippen molar-refractivity contribution < 1.29 is 18.6 Å². The summed E-state index contributed by atoms with van der Waals surface area (Å²) in [5, 5.41) is 0.311. The normalized spacial score (nSPS) is 54.6. The van der Waals surface area contributed by atoms with Gasteiger partial charge in [0.05, 0.1) is 0 Å². The number of hydrogen-bond acceptors (Lipinski definition) is 4. The largest absolute Gasteiger partial charge is 0.342 e. The van der Waals surface area contributed by atoms with Crippen LogP contribution in [0.15, 0.2) is 0 Å². The number of alkyl halides is 1. The topological polar surface area (TPSA) is 27.7 Å². The molecule has 3 fully saturated rings. The molecule has 3 aliphatic rings. The van der Waals surface area contributed by atoms with Crippen LogP contribution in [-0.2, 0) is 14.2 Å². The Morgan fingerprint density at radius 2 is 2.00 bits per heavy atom. The second-order valence-corrected chi connectivity index (χ2v) is 5.66. The highest BCUT2D eigenvalue weighted by molar-refractivity contribution is 8.06. The van der Waals surface area contributed by atoms with Gasteiger partial charge in [0.2, 0.25) is 0 Å². The number of hydrogen-bond donors (Lipinski definition) is 0. The average molecular weight is 220 g/mol. The lowest BCUT2D eigenvalue weighted by molar-refractivity contribution is -0.209. The van der Waals surface area contributed by atoms with Crippen molar-refractivity contribution in [1.29, 1.82) is 0 Å². The Morgan fingerprint density at radius 1 is 1.29 bits per heavy atom. The number of halogens is 1. The Bertz CT molecular complexity index is 254. The molecule has 3 rings (SSSR count). The molecule has 3 saturated heterocycles. The van der Waals surface area contributed by atoms with Crippen LogP contribution in [0.2, 0.25) is 0 Å². The zero-order chi connectivity index (χ0) is 9.92. The number of thioether (sulfide) groups is 1. The fourth-order valence-electron chi connectivity index (χ4n) is 2.03. The van der Waals surface area contributed by atoms with E-state index in [0.29, 0.717) is 5.25 Å². The highest BCUT2D eigenvalue weighted by atomic mass is 32.2. The van der Waals surface area contributed by atoms with Gasteiger partial charge in [-0.05, 0) is 13.8 Å². The molecular weight excluding hydrogens is 207 g/mol. The fourth-order valence-corrected chi connectivity index (χ4v) is 2.74. The smallest absolute Gasteiger partial charge is 0.190 e. The SMILES string of the molecule is CC1(C)O[C@H]2O[C@H]([C@@H]3CS3)[C@H](F)[C@H]2O1. The van der Waals surface area contributed by atoms with Crippen molar-refractivity contribution in [2.45, 2.75) is 49.6 Å². The highest BCUT2D eigenvalue weighted by Crippen LogP contribution is 2.46.